The normalized spacial score (nSPS) is 22.7. The van der Waals surface area contributed by atoms with Gasteiger partial charge in [-0.3, -0.25) is 19.4 Å². The Morgan fingerprint density at radius 3 is 1.59 bits per heavy atom. The van der Waals surface area contributed by atoms with Crippen molar-refractivity contribution in [3.05, 3.63) is 82.9 Å². The topological polar surface area (TPSA) is 120 Å². The Hall–Kier alpha value is -4.18. The van der Waals surface area contributed by atoms with Crippen LogP contribution < -0.4 is 4.74 Å². The predicted octanol–water partition coefficient (Wildman–Crippen LogP) is 11.4. The minimum absolute atomic E-state index is 0.0181. The molecule has 2 heterocycles. The number of carboxylic acids is 1. The average Bonchev–Trinajstić information content (AvgIpc) is 3.30. The molecule has 4 fully saturated rings. The van der Waals surface area contributed by atoms with Crippen molar-refractivity contribution in [1.82, 2.24) is 9.80 Å². The summed E-state index contributed by atoms with van der Waals surface area (Å²) in [5.41, 5.74) is 4.59. The molecule has 0 aromatic heterocycles. The van der Waals surface area contributed by atoms with Gasteiger partial charge in [0.25, 0.3) is 0 Å². The van der Waals surface area contributed by atoms with Crippen LogP contribution in [0.25, 0.3) is 21.5 Å². The molecule has 4 aromatic carbocycles. The SMILES string of the molecule is CCC1CCC(O)CC1.CCC1CCC(Oc2cc(C)c3ccccc3c2CN2CCC(C(=O)O)CC2)CC1.CCOC(=O)C1CCN(Cc2c(O)cc(C)c3ccccc23)CC1. The van der Waals surface area contributed by atoms with E-state index in [1.807, 2.05) is 32.0 Å². The Labute approximate surface area is 377 Å². The summed E-state index contributed by atoms with van der Waals surface area (Å²) in [6, 6.07) is 20.9. The van der Waals surface area contributed by atoms with Crippen LogP contribution >= 0.6 is 0 Å². The van der Waals surface area contributed by atoms with Gasteiger partial charge in [0.1, 0.15) is 11.5 Å². The van der Waals surface area contributed by atoms with Crippen LogP contribution in [0.5, 0.6) is 11.5 Å². The lowest BCUT2D eigenvalue weighted by atomic mass is 9.86. The first-order valence-corrected chi connectivity index (χ1v) is 24.4. The van der Waals surface area contributed by atoms with E-state index in [1.165, 1.54) is 65.8 Å². The van der Waals surface area contributed by atoms with Gasteiger partial charge in [0.15, 0.2) is 0 Å². The van der Waals surface area contributed by atoms with E-state index < -0.39 is 5.97 Å². The van der Waals surface area contributed by atoms with Crippen molar-refractivity contribution in [2.75, 3.05) is 32.8 Å². The van der Waals surface area contributed by atoms with Crippen molar-refractivity contribution in [2.45, 2.75) is 150 Å². The van der Waals surface area contributed by atoms with Gasteiger partial charge in [-0.2, -0.15) is 0 Å². The number of nitrogens with zero attached hydrogens (tertiary/aromatic N) is 2. The first-order valence-electron chi connectivity index (χ1n) is 24.4. The number of benzene rings is 4. The van der Waals surface area contributed by atoms with Gasteiger partial charge in [-0.15, -0.1) is 0 Å². The van der Waals surface area contributed by atoms with Crippen LogP contribution in [-0.2, 0) is 27.4 Å². The molecule has 63 heavy (non-hydrogen) atoms. The van der Waals surface area contributed by atoms with Crippen LogP contribution in [0.2, 0.25) is 0 Å². The number of carbonyl (C=O) groups excluding carboxylic acids is 1. The Kier molecular flexibility index (Phi) is 18.1. The van der Waals surface area contributed by atoms with Crippen LogP contribution in [-0.4, -0.2) is 82.1 Å². The second-order valence-corrected chi connectivity index (χ2v) is 18.9. The zero-order chi connectivity index (χ0) is 44.9. The molecule has 2 saturated heterocycles. The molecule has 9 heteroatoms. The first-order chi connectivity index (χ1) is 30.5. The number of aryl methyl sites for hydroxylation is 2. The molecule has 4 aliphatic rings. The molecule has 9 nitrogen and oxygen atoms in total. The quantitative estimate of drug-likeness (QED) is 0.127. The summed E-state index contributed by atoms with van der Waals surface area (Å²) in [7, 11) is 0. The number of carbonyl (C=O) groups is 2. The highest BCUT2D eigenvalue weighted by atomic mass is 16.5. The number of aliphatic hydroxyl groups is 1. The minimum Gasteiger partial charge on any atom is -0.508 e. The zero-order valence-electron chi connectivity index (χ0n) is 39.0. The summed E-state index contributed by atoms with van der Waals surface area (Å²) in [5.74, 6) is 2.27. The number of phenolic OH excluding ortho intramolecular Hbond substituents is 1. The van der Waals surface area contributed by atoms with Crippen LogP contribution in [0.3, 0.4) is 0 Å². The molecule has 0 spiro atoms. The smallest absolute Gasteiger partial charge is 0.309 e. The fourth-order valence-electron chi connectivity index (χ4n) is 10.4. The molecular weight excluding hydrogens is 789 g/mol. The Morgan fingerprint density at radius 2 is 1.08 bits per heavy atom. The summed E-state index contributed by atoms with van der Waals surface area (Å²) >= 11 is 0. The lowest BCUT2D eigenvalue weighted by Crippen LogP contribution is -2.36. The molecule has 2 aliphatic heterocycles. The van der Waals surface area contributed by atoms with E-state index in [1.54, 1.807) is 0 Å². The number of hydrogen-bond donors (Lipinski definition) is 3. The number of likely N-dealkylation sites (tertiary alicyclic amines) is 2. The highest BCUT2D eigenvalue weighted by molar-refractivity contribution is 5.91. The van der Waals surface area contributed by atoms with Crippen molar-refractivity contribution in [2.24, 2.45) is 23.7 Å². The van der Waals surface area contributed by atoms with E-state index in [0.717, 1.165) is 118 Å². The van der Waals surface area contributed by atoms with Crippen molar-refractivity contribution in [1.29, 1.82) is 0 Å². The number of fused-ring (bicyclic) bond motifs is 2. The maximum Gasteiger partial charge on any atom is 0.309 e. The maximum absolute atomic E-state index is 11.8. The Morgan fingerprint density at radius 1 is 0.619 bits per heavy atom. The number of rotatable bonds is 11. The molecule has 0 bridgehead atoms. The number of aliphatic hydroxyl groups excluding tert-OH is 1. The van der Waals surface area contributed by atoms with Gasteiger partial charge in [0.2, 0.25) is 0 Å². The fraction of sp³-hybridized carbons (Fsp3) is 0.593. The molecule has 0 amide bonds. The first kappa shape index (κ1) is 48.3. The molecule has 4 aromatic rings. The van der Waals surface area contributed by atoms with Gasteiger partial charge < -0.3 is 24.8 Å². The van der Waals surface area contributed by atoms with Crippen LogP contribution in [0.4, 0.5) is 0 Å². The number of ether oxygens (including phenoxy) is 2. The molecule has 2 aliphatic carbocycles. The predicted molar refractivity (Wildman–Crippen MR) is 254 cm³/mol. The average molecular weight is 865 g/mol. The van der Waals surface area contributed by atoms with Gasteiger partial charge >= 0.3 is 11.9 Å². The number of phenols is 1. The summed E-state index contributed by atoms with van der Waals surface area (Å²) in [5, 5.41) is 33.7. The van der Waals surface area contributed by atoms with E-state index in [-0.39, 0.29) is 23.9 Å². The van der Waals surface area contributed by atoms with Crippen molar-refractivity contribution >= 4 is 33.5 Å². The van der Waals surface area contributed by atoms with Crippen molar-refractivity contribution in [3.63, 3.8) is 0 Å². The molecule has 3 N–H and O–H groups in total. The van der Waals surface area contributed by atoms with Crippen LogP contribution in [0, 0.1) is 37.5 Å². The third kappa shape index (κ3) is 13.2. The van der Waals surface area contributed by atoms with E-state index in [9.17, 15) is 19.8 Å². The van der Waals surface area contributed by atoms with Gasteiger partial charge in [0.05, 0.1) is 30.7 Å². The summed E-state index contributed by atoms with van der Waals surface area (Å²) < 4.78 is 11.8. The number of hydrogen-bond acceptors (Lipinski definition) is 8. The Bertz CT molecular complexity index is 2070. The summed E-state index contributed by atoms with van der Waals surface area (Å²) in [4.78, 5) is 27.9. The van der Waals surface area contributed by atoms with Gasteiger partial charge in [-0.1, -0.05) is 75.2 Å². The van der Waals surface area contributed by atoms with Crippen molar-refractivity contribution < 1.29 is 34.4 Å². The van der Waals surface area contributed by atoms with Gasteiger partial charge in [0, 0.05) is 24.2 Å². The largest absolute Gasteiger partial charge is 0.508 e. The molecule has 0 unspecified atom stereocenters. The third-order valence-corrected chi connectivity index (χ3v) is 14.6. The number of aliphatic carboxylic acids is 1. The maximum atomic E-state index is 11.8. The van der Waals surface area contributed by atoms with Crippen molar-refractivity contribution in [3.8, 4) is 11.5 Å². The van der Waals surface area contributed by atoms with Gasteiger partial charge in [-0.25, -0.2) is 0 Å². The monoisotopic (exact) mass is 865 g/mol. The lowest BCUT2D eigenvalue weighted by molar-refractivity contribution is -0.149. The number of carboxylic acid groups (broad SMARTS) is 1. The van der Waals surface area contributed by atoms with Crippen LogP contribution in [0.1, 0.15) is 133 Å². The van der Waals surface area contributed by atoms with Gasteiger partial charge in [-0.05, 0) is 181 Å². The number of aromatic hydroxyl groups is 1. The highest BCUT2D eigenvalue weighted by Gasteiger charge is 2.29. The minimum atomic E-state index is -0.651. The second kappa shape index (κ2) is 23.7. The molecule has 344 valence electrons. The van der Waals surface area contributed by atoms with Crippen LogP contribution in [0.15, 0.2) is 60.7 Å². The lowest BCUT2D eigenvalue weighted by Gasteiger charge is -2.32. The number of piperidine rings is 2. The number of esters is 1. The van der Waals surface area contributed by atoms with E-state index >= 15 is 0 Å². The molecule has 2 saturated carbocycles. The standard InChI is InChI=1S/C26H35NO3.C20H25NO3.C8H16O/c1-3-19-8-10-21(11-9-19)30-25-16-18(2)22-6-4-5-7-23(22)24(25)17-27-14-12-20(13-15-27)26(28)29;1-3-24-20(23)15-8-10-21(11-9-15)13-18-17-7-5-4-6-16(17)14(2)12-19(18)22;1-2-7-3-5-8(9)6-4-7/h4-7,16,19-21H,3,8-15,17H2,1-2H3,(H,28,29);4-7,12,15,22H,3,8-11,13H2,1-2H3;7-9H,2-6H2,1H3. The van der Waals surface area contributed by atoms with E-state index in [2.05, 4.69) is 73.0 Å². The van der Waals surface area contributed by atoms with E-state index in [4.69, 9.17) is 14.6 Å². The zero-order valence-corrected chi connectivity index (χ0v) is 39.0. The molecule has 8 rings (SSSR count). The fourth-order valence-corrected chi connectivity index (χ4v) is 10.4. The summed E-state index contributed by atoms with van der Waals surface area (Å²) in [6.45, 7) is 15.9. The Balaban J connectivity index is 0.000000178. The molecular formula is C54H76N2O7. The highest BCUT2D eigenvalue weighted by Crippen LogP contribution is 2.37. The molecule has 0 radical (unpaired) electrons. The summed E-state index contributed by atoms with van der Waals surface area (Å²) in [6.07, 6.45) is 15.4. The second-order valence-electron chi connectivity index (χ2n) is 18.9. The third-order valence-electron chi connectivity index (χ3n) is 14.6. The van der Waals surface area contributed by atoms with E-state index in [0.29, 0.717) is 25.0 Å². The molecule has 0 atom stereocenters.